The van der Waals surface area contributed by atoms with Crippen molar-refractivity contribution in [3.63, 3.8) is 0 Å². The van der Waals surface area contributed by atoms with Gasteiger partial charge in [-0.25, -0.2) is 0 Å². The number of nitrogens with one attached hydrogen (secondary N) is 1. The lowest BCUT2D eigenvalue weighted by Crippen LogP contribution is -2.48. The summed E-state index contributed by atoms with van der Waals surface area (Å²) in [5.74, 6) is 1.27. The van der Waals surface area contributed by atoms with Gasteiger partial charge in [-0.15, -0.1) is 0 Å². The van der Waals surface area contributed by atoms with E-state index in [0.717, 1.165) is 12.8 Å². The SMILES string of the molecule is COc1ccc(C(=O)N(C)C2CC3CCC(C2)N3)c(OC)c1. The van der Waals surface area contributed by atoms with Crippen molar-refractivity contribution in [2.45, 2.75) is 43.8 Å². The molecular weight excluding hydrogens is 280 g/mol. The molecule has 2 saturated heterocycles. The fraction of sp³-hybridized carbons (Fsp3) is 0.588. The lowest BCUT2D eigenvalue weighted by atomic mass is 9.98. The van der Waals surface area contributed by atoms with Crippen molar-refractivity contribution >= 4 is 5.91 Å². The zero-order chi connectivity index (χ0) is 15.7. The molecule has 120 valence electrons. The molecule has 0 saturated carbocycles. The Morgan fingerprint density at radius 2 is 1.86 bits per heavy atom. The first kappa shape index (κ1) is 15.2. The second kappa shape index (κ2) is 6.16. The highest BCUT2D eigenvalue weighted by atomic mass is 16.5. The Morgan fingerprint density at radius 1 is 1.18 bits per heavy atom. The van der Waals surface area contributed by atoms with E-state index in [-0.39, 0.29) is 5.91 Å². The van der Waals surface area contributed by atoms with Gasteiger partial charge < -0.3 is 19.7 Å². The van der Waals surface area contributed by atoms with Crippen molar-refractivity contribution in [2.24, 2.45) is 0 Å². The average molecular weight is 304 g/mol. The molecule has 3 rings (SSSR count). The number of benzene rings is 1. The van der Waals surface area contributed by atoms with Crippen LogP contribution in [0, 0.1) is 0 Å². The maximum Gasteiger partial charge on any atom is 0.257 e. The topological polar surface area (TPSA) is 50.8 Å². The number of hydrogen-bond acceptors (Lipinski definition) is 4. The van der Waals surface area contributed by atoms with Crippen LogP contribution in [0.4, 0.5) is 0 Å². The van der Waals surface area contributed by atoms with Gasteiger partial charge in [0, 0.05) is 31.2 Å². The number of piperidine rings is 1. The van der Waals surface area contributed by atoms with Crippen molar-refractivity contribution in [3.8, 4) is 11.5 Å². The van der Waals surface area contributed by atoms with E-state index in [1.807, 2.05) is 11.9 Å². The molecule has 2 fully saturated rings. The van der Waals surface area contributed by atoms with E-state index < -0.39 is 0 Å². The second-order valence-electron chi connectivity index (χ2n) is 6.25. The van der Waals surface area contributed by atoms with Crippen LogP contribution in [-0.4, -0.2) is 50.2 Å². The van der Waals surface area contributed by atoms with Crippen LogP contribution in [0.5, 0.6) is 11.5 Å². The number of nitrogens with zero attached hydrogens (tertiary/aromatic N) is 1. The highest BCUT2D eigenvalue weighted by molar-refractivity contribution is 5.97. The highest BCUT2D eigenvalue weighted by Crippen LogP contribution is 2.31. The lowest BCUT2D eigenvalue weighted by Gasteiger charge is -2.35. The first-order valence-electron chi connectivity index (χ1n) is 7.87. The standard InChI is InChI=1S/C17H24N2O3/c1-19(13-8-11-4-5-12(9-13)18-11)17(20)15-7-6-14(21-2)10-16(15)22-3/h6-7,10-13,18H,4-5,8-9H2,1-3H3. The summed E-state index contributed by atoms with van der Waals surface area (Å²) in [6, 6.07) is 6.78. The Bertz CT molecular complexity index is 549. The number of amides is 1. The Balaban J connectivity index is 1.78. The molecule has 5 heteroatoms. The van der Waals surface area contributed by atoms with Crippen molar-refractivity contribution < 1.29 is 14.3 Å². The van der Waals surface area contributed by atoms with Crippen molar-refractivity contribution in [2.75, 3.05) is 21.3 Å². The van der Waals surface area contributed by atoms with Crippen molar-refractivity contribution in [3.05, 3.63) is 23.8 Å². The molecule has 0 aliphatic carbocycles. The monoisotopic (exact) mass is 304 g/mol. The van der Waals surface area contributed by atoms with Crippen LogP contribution in [0.1, 0.15) is 36.0 Å². The smallest absolute Gasteiger partial charge is 0.257 e. The van der Waals surface area contributed by atoms with Crippen LogP contribution in [0.3, 0.4) is 0 Å². The molecule has 1 aromatic carbocycles. The molecule has 2 aliphatic heterocycles. The van der Waals surface area contributed by atoms with Gasteiger partial charge in [-0.2, -0.15) is 0 Å². The van der Waals surface area contributed by atoms with Gasteiger partial charge in [0.15, 0.2) is 0 Å². The third kappa shape index (κ3) is 2.77. The summed E-state index contributed by atoms with van der Waals surface area (Å²) >= 11 is 0. The van der Waals surface area contributed by atoms with Gasteiger partial charge in [-0.1, -0.05) is 0 Å². The van der Waals surface area contributed by atoms with E-state index in [2.05, 4.69) is 5.32 Å². The van der Waals surface area contributed by atoms with Crippen molar-refractivity contribution in [1.82, 2.24) is 10.2 Å². The van der Waals surface area contributed by atoms with E-state index in [4.69, 9.17) is 9.47 Å². The predicted octanol–water partition coefficient (Wildman–Crippen LogP) is 2.06. The number of fused-ring (bicyclic) bond motifs is 2. The van der Waals surface area contributed by atoms with E-state index in [0.29, 0.717) is 35.2 Å². The van der Waals surface area contributed by atoms with Gasteiger partial charge in [-0.3, -0.25) is 4.79 Å². The van der Waals surface area contributed by atoms with Gasteiger partial charge in [0.2, 0.25) is 0 Å². The molecule has 0 aromatic heterocycles. The molecular formula is C17H24N2O3. The van der Waals surface area contributed by atoms with Gasteiger partial charge in [0.1, 0.15) is 11.5 Å². The summed E-state index contributed by atoms with van der Waals surface area (Å²) in [5.41, 5.74) is 0.594. The molecule has 1 amide bonds. The third-order valence-corrected chi connectivity index (χ3v) is 4.96. The van der Waals surface area contributed by atoms with E-state index >= 15 is 0 Å². The van der Waals surface area contributed by atoms with Crippen LogP contribution in [0.25, 0.3) is 0 Å². The van der Waals surface area contributed by atoms with Crippen molar-refractivity contribution in [1.29, 1.82) is 0 Å². The van der Waals surface area contributed by atoms with E-state index in [9.17, 15) is 4.79 Å². The fourth-order valence-electron chi connectivity index (χ4n) is 3.67. The zero-order valence-corrected chi connectivity index (χ0v) is 13.5. The second-order valence-corrected chi connectivity index (χ2v) is 6.25. The van der Waals surface area contributed by atoms with Gasteiger partial charge in [0.05, 0.1) is 19.8 Å². The number of methoxy groups -OCH3 is 2. The van der Waals surface area contributed by atoms with Crippen LogP contribution in [-0.2, 0) is 0 Å². The molecule has 0 spiro atoms. The summed E-state index contributed by atoms with van der Waals surface area (Å²) in [5, 5.41) is 3.61. The van der Waals surface area contributed by atoms with Crippen LogP contribution in [0.2, 0.25) is 0 Å². The van der Waals surface area contributed by atoms with Crippen LogP contribution >= 0.6 is 0 Å². The normalized spacial score (nSPS) is 26.6. The maximum atomic E-state index is 12.8. The third-order valence-electron chi connectivity index (χ3n) is 4.96. The van der Waals surface area contributed by atoms with E-state index in [1.54, 1.807) is 32.4 Å². The number of ether oxygens (including phenoxy) is 2. The Morgan fingerprint density at radius 3 is 2.45 bits per heavy atom. The molecule has 2 bridgehead atoms. The van der Waals surface area contributed by atoms with Gasteiger partial charge in [0.25, 0.3) is 5.91 Å². The minimum absolute atomic E-state index is 0.0193. The zero-order valence-electron chi connectivity index (χ0n) is 13.5. The predicted molar refractivity (Wildman–Crippen MR) is 84.6 cm³/mol. The maximum absolute atomic E-state index is 12.8. The minimum Gasteiger partial charge on any atom is -0.497 e. The van der Waals surface area contributed by atoms with Crippen LogP contribution < -0.4 is 14.8 Å². The molecule has 5 nitrogen and oxygen atoms in total. The number of carbonyl (C=O) groups is 1. The molecule has 2 heterocycles. The quantitative estimate of drug-likeness (QED) is 0.925. The number of hydrogen-bond donors (Lipinski definition) is 1. The Kier molecular flexibility index (Phi) is 4.25. The van der Waals surface area contributed by atoms with E-state index in [1.165, 1.54) is 12.8 Å². The Hall–Kier alpha value is -1.75. The minimum atomic E-state index is 0.0193. The number of carbonyl (C=O) groups excluding carboxylic acids is 1. The lowest BCUT2D eigenvalue weighted by molar-refractivity contribution is 0.0678. The summed E-state index contributed by atoms with van der Waals surface area (Å²) in [6.45, 7) is 0. The molecule has 1 aromatic rings. The molecule has 2 atom stereocenters. The molecule has 2 aliphatic rings. The average Bonchev–Trinajstić information content (AvgIpc) is 2.90. The largest absolute Gasteiger partial charge is 0.497 e. The fourth-order valence-corrected chi connectivity index (χ4v) is 3.67. The first-order valence-corrected chi connectivity index (χ1v) is 7.87. The van der Waals surface area contributed by atoms with Crippen LogP contribution in [0.15, 0.2) is 18.2 Å². The van der Waals surface area contributed by atoms with Gasteiger partial charge >= 0.3 is 0 Å². The number of rotatable bonds is 4. The summed E-state index contributed by atoms with van der Waals surface area (Å²) < 4.78 is 10.6. The Labute approximate surface area is 131 Å². The molecule has 0 radical (unpaired) electrons. The molecule has 2 unspecified atom stereocenters. The first-order chi connectivity index (χ1) is 10.6. The van der Waals surface area contributed by atoms with Gasteiger partial charge in [-0.05, 0) is 37.8 Å². The molecule has 22 heavy (non-hydrogen) atoms. The summed E-state index contributed by atoms with van der Waals surface area (Å²) in [6.07, 6.45) is 4.54. The summed E-state index contributed by atoms with van der Waals surface area (Å²) in [7, 11) is 5.09. The summed E-state index contributed by atoms with van der Waals surface area (Å²) in [4.78, 5) is 14.7. The molecule has 1 N–H and O–H groups in total. The highest BCUT2D eigenvalue weighted by Gasteiger charge is 2.36.